The minimum absolute atomic E-state index is 0.450. The van der Waals surface area contributed by atoms with Crippen molar-refractivity contribution in [3.05, 3.63) is 65.1 Å². The van der Waals surface area contributed by atoms with E-state index in [0.717, 1.165) is 15.7 Å². The third-order valence-electron chi connectivity index (χ3n) is 2.91. The molecule has 112 valence electrons. The number of para-hydroxylation sites is 1. The van der Waals surface area contributed by atoms with Crippen LogP contribution in [-0.2, 0) is 0 Å². The van der Waals surface area contributed by atoms with Crippen molar-refractivity contribution in [1.29, 1.82) is 0 Å². The molecule has 1 aromatic heterocycles. The summed E-state index contributed by atoms with van der Waals surface area (Å²) >= 11 is 3.43. The van der Waals surface area contributed by atoms with Crippen LogP contribution in [0.5, 0.6) is 5.75 Å². The quantitative estimate of drug-likeness (QED) is 0.642. The molecule has 5 heteroatoms. The summed E-state index contributed by atoms with van der Waals surface area (Å²) in [6.45, 7) is 0. The van der Waals surface area contributed by atoms with Crippen LogP contribution in [0.25, 0.3) is 16.9 Å². The Balaban J connectivity index is 2.00. The molecule has 0 N–H and O–H groups in total. The molecule has 3 rings (SSSR count). The van der Waals surface area contributed by atoms with E-state index in [1.54, 1.807) is 0 Å². The van der Waals surface area contributed by atoms with Gasteiger partial charge in [-0.3, -0.25) is 0 Å². The molecule has 0 atom stereocenters. The Hall–Kier alpha value is -2.27. The maximum absolute atomic E-state index is 5.92. The molecule has 0 radical (unpaired) electrons. The summed E-state index contributed by atoms with van der Waals surface area (Å²) in [5.74, 6) is 1.74. The summed E-state index contributed by atoms with van der Waals surface area (Å²) in [5.41, 5.74) is 1.50. The number of halogens is 1. The lowest BCUT2D eigenvalue weighted by atomic mass is 10.3. The average molecular weight is 359 g/mol. The standard InChI is InChI=1S/C17H15BrN2O2/c1-20(2)11-16(21-13-6-4-3-5-7-13)17-19-14-9-8-12(18)10-15(14)22-17/h3-11H,1-2H3/b16-11-. The minimum atomic E-state index is 0.450. The molecule has 0 saturated carbocycles. The summed E-state index contributed by atoms with van der Waals surface area (Å²) in [7, 11) is 3.85. The average Bonchev–Trinajstić information content (AvgIpc) is 2.90. The molecule has 4 nitrogen and oxygen atoms in total. The summed E-state index contributed by atoms with van der Waals surface area (Å²) < 4.78 is 12.7. The van der Waals surface area contributed by atoms with Crippen LogP contribution in [0.3, 0.4) is 0 Å². The number of ether oxygens (including phenoxy) is 1. The normalized spacial score (nSPS) is 11.7. The largest absolute Gasteiger partial charge is 0.450 e. The Morgan fingerprint density at radius 3 is 2.68 bits per heavy atom. The van der Waals surface area contributed by atoms with Gasteiger partial charge in [-0.25, -0.2) is 4.98 Å². The highest BCUT2D eigenvalue weighted by atomic mass is 79.9. The van der Waals surface area contributed by atoms with E-state index < -0.39 is 0 Å². The van der Waals surface area contributed by atoms with Gasteiger partial charge in [0.05, 0.1) is 0 Å². The molecule has 0 aliphatic carbocycles. The van der Waals surface area contributed by atoms with E-state index >= 15 is 0 Å². The Labute approximate surface area is 137 Å². The summed E-state index contributed by atoms with van der Waals surface area (Å²) in [6, 6.07) is 15.3. The predicted octanol–water partition coefficient (Wildman–Crippen LogP) is 4.53. The van der Waals surface area contributed by atoms with Crippen LogP contribution in [0, 0.1) is 0 Å². The van der Waals surface area contributed by atoms with E-state index in [-0.39, 0.29) is 0 Å². The van der Waals surface area contributed by atoms with E-state index in [4.69, 9.17) is 9.15 Å². The van der Waals surface area contributed by atoms with Crippen molar-refractivity contribution in [3.8, 4) is 5.75 Å². The van der Waals surface area contributed by atoms with Gasteiger partial charge in [0.25, 0.3) is 5.89 Å². The van der Waals surface area contributed by atoms with E-state index in [2.05, 4.69) is 20.9 Å². The highest BCUT2D eigenvalue weighted by molar-refractivity contribution is 9.10. The molecule has 0 spiro atoms. The van der Waals surface area contributed by atoms with Gasteiger partial charge in [-0.15, -0.1) is 0 Å². The first-order valence-corrected chi connectivity index (χ1v) is 7.59. The van der Waals surface area contributed by atoms with Crippen molar-refractivity contribution in [2.24, 2.45) is 0 Å². The van der Waals surface area contributed by atoms with E-state index in [1.165, 1.54) is 0 Å². The molecular weight excluding hydrogens is 344 g/mol. The van der Waals surface area contributed by atoms with Gasteiger partial charge < -0.3 is 14.1 Å². The molecule has 0 bridgehead atoms. The third kappa shape index (κ3) is 3.31. The van der Waals surface area contributed by atoms with Crippen molar-refractivity contribution in [2.75, 3.05) is 14.1 Å². The Kier molecular flexibility index (Phi) is 4.15. The Bertz CT molecular complexity index is 810. The fraction of sp³-hybridized carbons (Fsp3) is 0.118. The first-order valence-electron chi connectivity index (χ1n) is 6.79. The highest BCUT2D eigenvalue weighted by Crippen LogP contribution is 2.26. The molecule has 0 aliphatic heterocycles. The highest BCUT2D eigenvalue weighted by Gasteiger charge is 2.14. The zero-order chi connectivity index (χ0) is 15.5. The Morgan fingerprint density at radius 2 is 1.95 bits per heavy atom. The van der Waals surface area contributed by atoms with Crippen molar-refractivity contribution < 1.29 is 9.15 Å². The number of fused-ring (bicyclic) bond motifs is 1. The molecule has 1 heterocycles. The molecule has 0 aliphatic rings. The van der Waals surface area contributed by atoms with E-state index in [0.29, 0.717) is 17.2 Å². The zero-order valence-electron chi connectivity index (χ0n) is 12.3. The SMILES string of the molecule is CN(C)/C=C(\Oc1ccccc1)c1nc2ccc(Br)cc2o1. The smallest absolute Gasteiger partial charge is 0.265 e. The van der Waals surface area contributed by atoms with Crippen molar-refractivity contribution in [2.45, 2.75) is 0 Å². The van der Waals surface area contributed by atoms with Crippen molar-refractivity contribution in [3.63, 3.8) is 0 Å². The second-order valence-corrected chi connectivity index (χ2v) is 5.92. The van der Waals surface area contributed by atoms with Crippen molar-refractivity contribution in [1.82, 2.24) is 9.88 Å². The third-order valence-corrected chi connectivity index (χ3v) is 3.40. The van der Waals surface area contributed by atoms with Gasteiger partial charge in [-0.05, 0) is 30.3 Å². The number of aromatic nitrogens is 1. The lowest BCUT2D eigenvalue weighted by Gasteiger charge is -2.10. The molecule has 22 heavy (non-hydrogen) atoms. The predicted molar refractivity (Wildman–Crippen MR) is 90.4 cm³/mol. The van der Waals surface area contributed by atoms with Gasteiger partial charge in [-0.1, -0.05) is 34.1 Å². The van der Waals surface area contributed by atoms with Crippen LogP contribution in [0.1, 0.15) is 5.89 Å². The van der Waals surface area contributed by atoms with E-state index in [1.807, 2.05) is 73.7 Å². The second-order valence-electron chi connectivity index (χ2n) is 5.00. The van der Waals surface area contributed by atoms with Crippen LogP contribution in [-0.4, -0.2) is 24.0 Å². The zero-order valence-corrected chi connectivity index (χ0v) is 13.9. The number of hydrogen-bond acceptors (Lipinski definition) is 4. The Morgan fingerprint density at radius 1 is 1.18 bits per heavy atom. The second kappa shape index (κ2) is 6.23. The number of rotatable bonds is 4. The number of oxazole rings is 1. The van der Waals surface area contributed by atoms with Gasteiger partial charge in [0, 0.05) is 24.8 Å². The first-order chi connectivity index (χ1) is 10.6. The van der Waals surface area contributed by atoms with Crippen molar-refractivity contribution >= 4 is 32.8 Å². The maximum atomic E-state index is 5.92. The number of benzene rings is 2. The van der Waals surface area contributed by atoms with E-state index in [9.17, 15) is 0 Å². The van der Waals surface area contributed by atoms with Crippen LogP contribution in [0.4, 0.5) is 0 Å². The van der Waals surface area contributed by atoms with Gasteiger partial charge in [-0.2, -0.15) is 0 Å². The molecule has 3 aromatic rings. The van der Waals surface area contributed by atoms with Crippen LogP contribution < -0.4 is 4.74 Å². The lowest BCUT2D eigenvalue weighted by molar-refractivity contribution is 0.450. The number of hydrogen-bond donors (Lipinski definition) is 0. The fourth-order valence-corrected chi connectivity index (χ4v) is 2.32. The van der Waals surface area contributed by atoms with Crippen LogP contribution in [0.2, 0.25) is 0 Å². The molecule has 0 amide bonds. The lowest BCUT2D eigenvalue weighted by Crippen LogP contribution is -2.06. The van der Waals surface area contributed by atoms with Crippen LogP contribution >= 0.6 is 15.9 Å². The van der Waals surface area contributed by atoms with Gasteiger partial charge in [0.1, 0.15) is 11.3 Å². The van der Waals surface area contributed by atoms with Crippen LogP contribution in [0.15, 0.2) is 63.6 Å². The first kappa shape index (κ1) is 14.7. The monoisotopic (exact) mass is 358 g/mol. The molecule has 2 aromatic carbocycles. The summed E-state index contributed by atoms with van der Waals surface area (Å²) in [4.78, 5) is 6.39. The minimum Gasteiger partial charge on any atom is -0.450 e. The number of nitrogens with zero attached hydrogens (tertiary/aromatic N) is 2. The maximum Gasteiger partial charge on any atom is 0.265 e. The van der Waals surface area contributed by atoms with Gasteiger partial charge in [0.2, 0.25) is 5.76 Å². The summed E-state index contributed by atoms with van der Waals surface area (Å²) in [5, 5.41) is 0. The van der Waals surface area contributed by atoms with Gasteiger partial charge >= 0.3 is 0 Å². The summed E-state index contributed by atoms with van der Waals surface area (Å²) in [6.07, 6.45) is 1.84. The molecular formula is C17H15BrN2O2. The molecule has 0 fully saturated rings. The molecule has 0 unspecified atom stereocenters. The molecule has 0 saturated heterocycles. The van der Waals surface area contributed by atoms with Gasteiger partial charge in [0.15, 0.2) is 5.58 Å². The topological polar surface area (TPSA) is 38.5 Å². The fourth-order valence-electron chi connectivity index (χ4n) is 1.98.